The number of carbonyl (C=O) groups excluding carboxylic acids is 1. The number of hydrogen-bond donors (Lipinski definition) is 2. The molecular formula is C15H22N4OS. The molecule has 114 valence electrons. The molecule has 2 atom stereocenters. The molecule has 0 aromatic carbocycles. The minimum atomic E-state index is -0.130. The first-order chi connectivity index (χ1) is 10.1. The van der Waals surface area contributed by atoms with Crippen LogP contribution in [0.15, 0.2) is 36.2 Å². The molecule has 0 unspecified atom stereocenters. The van der Waals surface area contributed by atoms with Crippen LogP contribution in [-0.4, -0.2) is 21.6 Å². The van der Waals surface area contributed by atoms with E-state index in [-0.39, 0.29) is 18.1 Å². The lowest BCUT2D eigenvalue weighted by atomic mass is 10.0. The Bertz CT molecular complexity index is 536. The lowest BCUT2D eigenvalue weighted by Gasteiger charge is -2.23. The van der Waals surface area contributed by atoms with Gasteiger partial charge in [0.1, 0.15) is 0 Å². The summed E-state index contributed by atoms with van der Waals surface area (Å²) in [4.78, 5) is 17.3. The molecule has 2 N–H and O–H groups in total. The first kappa shape index (κ1) is 15.6. The summed E-state index contributed by atoms with van der Waals surface area (Å²) in [6, 6.07) is 4.02. The number of urea groups is 1. The van der Waals surface area contributed by atoms with Gasteiger partial charge in [0.25, 0.3) is 0 Å². The normalized spacial score (nSPS) is 13.9. The van der Waals surface area contributed by atoms with E-state index in [0.29, 0.717) is 12.5 Å². The van der Waals surface area contributed by atoms with E-state index in [1.807, 2.05) is 29.1 Å². The van der Waals surface area contributed by atoms with Crippen molar-refractivity contribution in [2.75, 3.05) is 0 Å². The highest BCUT2D eigenvalue weighted by molar-refractivity contribution is 7.10. The van der Waals surface area contributed by atoms with Gasteiger partial charge in [-0.2, -0.15) is 0 Å². The van der Waals surface area contributed by atoms with Crippen LogP contribution in [0.5, 0.6) is 0 Å². The summed E-state index contributed by atoms with van der Waals surface area (Å²) in [6.07, 6.45) is 5.37. The molecule has 2 rings (SSSR count). The molecule has 2 aromatic rings. The highest BCUT2D eigenvalue weighted by Crippen LogP contribution is 2.25. The van der Waals surface area contributed by atoms with Crippen molar-refractivity contribution in [1.82, 2.24) is 20.2 Å². The molecule has 6 heteroatoms. The van der Waals surface area contributed by atoms with Gasteiger partial charge in [0, 0.05) is 29.9 Å². The van der Waals surface area contributed by atoms with Crippen LogP contribution < -0.4 is 10.6 Å². The van der Waals surface area contributed by atoms with E-state index >= 15 is 0 Å². The maximum Gasteiger partial charge on any atom is 0.315 e. The highest BCUT2D eigenvalue weighted by atomic mass is 32.1. The van der Waals surface area contributed by atoms with Gasteiger partial charge >= 0.3 is 6.03 Å². The number of carbonyl (C=O) groups is 1. The number of imidazole rings is 1. The second-order valence-corrected chi connectivity index (χ2v) is 6.49. The van der Waals surface area contributed by atoms with Gasteiger partial charge in [-0.1, -0.05) is 19.9 Å². The molecule has 0 aliphatic rings. The van der Waals surface area contributed by atoms with Crippen LogP contribution in [0.4, 0.5) is 4.79 Å². The molecule has 0 aliphatic heterocycles. The zero-order valence-corrected chi connectivity index (χ0v) is 13.4. The van der Waals surface area contributed by atoms with Crippen LogP contribution in [0.1, 0.15) is 31.7 Å². The van der Waals surface area contributed by atoms with E-state index in [1.54, 1.807) is 23.9 Å². The molecule has 0 spiro atoms. The molecule has 0 aliphatic carbocycles. The Hall–Kier alpha value is -1.82. The first-order valence-corrected chi connectivity index (χ1v) is 8.00. The Labute approximate surface area is 129 Å². The van der Waals surface area contributed by atoms with Crippen molar-refractivity contribution < 1.29 is 4.79 Å². The van der Waals surface area contributed by atoms with Gasteiger partial charge in [0.2, 0.25) is 0 Å². The molecule has 0 saturated carbocycles. The topological polar surface area (TPSA) is 59.0 Å². The van der Waals surface area contributed by atoms with Crippen molar-refractivity contribution in [3.63, 3.8) is 0 Å². The smallest absolute Gasteiger partial charge is 0.315 e. The Morgan fingerprint density at radius 1 is 1.38 bits per heavy atom. The SMILES string of the molecule is CC(C)[C@H](NC(=O)N[C@@H](C)Cn1ccnc1)c1cccs1. The molecule has 0 radical (unpaired) electrons. The van der Waals surface area contributed by atoms with E-state index in [1.165, 1.54) is 4.88 Å². The summed E-state index contributed by atoms with van der Waals surface area (Å²) in [5.41, 5.74) is 0. The van der Waals surface area contributed by atoms with E-state index in [2.05, 4.69) is 35.5 Å². The maximum absolute atomic E-state index is 12.1. The number of aromatic nitrogens is 2. The standard InChI is InChI=1S/C15H22N4OS/c1-11(2)14(13-5-4-8-21-13)18-15(20)17-12(3)9-19-7-6-16-10-19/h4-8,10-12,14H,9H2,1-3H3,(H2,17,18,20)/t12-,14-/m0/s1. The van der Waals surface area contributed by atoms with Gasteiger partial charge in [-0.3, -0.25) is 0 Å². The van der Waals surface area contributed by atoms with Crippen molar-refractivity contribution in [3.8, 4) is 0 Å². The monoisotopic (exact) mass is 306 g/mol. The van der Waals surface area contributed by atoms with E-state index in [0.717, 1.165) is 0 Å². The van der Waals surface area contributed by atoms with E-state index < -0.39 is 0 Å². The molecule has 0 saturated heterocycles. The largest absolute Gasteiger partial charge is 0.335 e. The summed E-state index contributed by atoms with van der Waals surface area (Å²) in [5, 5.41) is 8.07. The number of nitrogens with one attached hydrogen (secondary N) is 2. The summed E-state index contributed by atoms with van der Waals surface area (Å²) in [6.45, 7) is 6.91. The minimum Gasteiger partial charge on any atom is -0.335 e. The van der Waals surface area contributed by atoms with Crippen molar-refractivity contribution in [2.24, 2.45) is 5.92 Å². The number of rotatable bonds is 6. The van der Waals surface area contributed by atoms with Crippen LogP contribution in [-0.2, 0) is 6.54 Å². The van der Waals surface area contributed by atoms with Gasteiger partial charge in [0.05, 0.1) is 12.4 Å². The van der Waals surface area contributed by atoms with Crippen molar-refractivity contribution in [3.05, 3.63) is 41.1 Å². The molecular weight excluding hydrogens is 284 g/mol. The van der Waals surface area contributed by atoms with Crippen molar-refractivity contribution in [2.45, 2.75) is 39.4 Å². The third kappa shape index (κ3) is 4.60. The third-order valence-corrected chi connectivity index (χ3v) is 4.18. The molecule has 2 aromatic heterocycles. The Kier molecular flexibility index (Phi) is 5.38. The average Bonchev–Trinajstić information content (AvgIpc) is 3.07. The second-order valence-electron chi connectivity index (χ2n) is 5.52. The number of hydrogen-bond acceptors (Lipinski definition) is 3. The summed E-state index contributed by atoms with van der Waals surface area (Å²) < 4.78 is 1.95. The summed E-state index contributed by atoms with van der Waals surface area (Å²) >= 11 is 1.67. The second kappa shape index (κ2) is 7.26. The van der Waals surface area contributed by atoms with Gasteiger partial charge in [-0.15, -0.1) is 11.3 Å². The Morgan fingerprint density at radius 2 is 2.19 bits per heavy atom. The van der Waals surface area contributed by atoms with E-state index in [4.69, 9.17) is 0 Å². The lowest BCUT2D eigenvalue weighted by molar-refractivity contribution is 0.229. The first-order valence-electron chi connectivity index (χ1n) is 7.12. The Morgan fingerprint density at radius 3 is 2.76 bits per heavy atom. The van der Waals surface area contributed by atoms with Gasteiger partial charge in [0.15, 0.2) is 0 Å². The van der Waals surface area contributed by atoms with E-state index in [9.17, 15) is 4.79 Å². The van der Waals surface area contributed by atoms with Gasteiger partial charge in [-0.25, -0.2) is 9.78 Å². The van der Waals surface area contributed by atoms with Crippen LogP contribution in [0.2, 0.25) is 0 Å². The summed E-state index contributed by atoms with van der Waals surface area (Å²) in [7, 11) is 0. The predicted molar refractivity (Wildman–Crippen MR) is 85.3 cm³/mol. The molecule has 5 nitrogen and oxygen atoms in total. The Balaban J connectivity index is 1.87. The fourth-order valence-corrected chi connectivity index (χ4v) is 3.15. The third-order valence-electron chi connectivity index (χ3n) is 3.22. The fraction of sp³-hybridized carbons (Fsp3) is 0.467. The number of nitrogens with zero attached hydrogens (tertiary/aromatic N) is 2. The predicted octanol–water partition coefficient (Wildman–Crippen LogP) is 3.03. The summed E-state index contributed by atoms with van der Waals surface area (Å²) in [5.74, 6) is 0.346. The zero-order chi connectivity index (χ0) is 15.2. The number of amides is 2. The fourth-order valence-electron chi connectivity index (χ4n) is 2.20. The molecule has 0 fully saturated rings. The average molecular weight is 306 g/mol. The molecule has 2 heterocycles. The van der Waals surface area contributed by atoms with Gasteiger partial charge in [-0.05, 0) is 24.3 Å². The maximum atomic E-state index is 12.1. The quantitative estimate of drug-likeness (QED) is 0.862. The van der Waals surface area contributed by atoms with Gasteiger partial charge < -0.3 is 15.2 Å². The molecule has 0 bridgehead atoms. The van der Waals surface area contributed by atoms with Crippen LogP contribution in [0.3, 0.4) is 0 Å². The van der Waals surface area contributed by atoms with Crippen LogP contribution in [0.25, 0.3) is 0 Å². The minimum absolute atomic E-state index is 0.0374. The molecule has 2 amide bonds. The van der Waals surface area contributed by atoms with Crippen LogP contribution >= 0.6 is 11.3 Å². The zero-order valence-electron chi connectivity index (χ0n) is 12.6. The van der Waals surface area contributed by atoms with Crippen molar-refractivity contribution in [1.29, 1.82) is 0 Å². The van der Waals surface area contributed by atoms with Crippen molar-refractivity contribution >= 4 is 17.4 Å². The molecule has 21 heavy (non-hydrogen) atoms. The number of thiophene rings is 1. The lowest BCUT2D eigenvalue weighted by Crippen LogP contribution is -2.44. The van der Waals surface area contributed by atoms with Crippen LogP contribution in [0, 0.1) is 5.92 Å². The highest BCUT2D eigenvalue weighted by Gasteiger charge is 2.19.